The van der Waals surface area contributed by atoms with E-state index in [0.717, 1.165) is 38.5 Å². The van der Waals surface area contributed by atoms with Crippen molar-refractivity contribution in [1.82, 2.24) is 4.90 Å². The minimum Gasteiger partial charge on any atom is -0.377 e. The molecular weight excluding hydrogens is 266 g/mol. The van der Waals surface area contributed by atoms with Crippen LogP contribution in [0.2, 0.25) is 0 Å². The van der Waals surface area contributed by atoms with Gasteiger partial charge in [0.15, 0.2) is 0 Å². The summed E-state index contributed by atoms with van der Waals surface area (Å²) in [7, 11) is 2.11. The summed E-state index contributed by atoms with van der Waals surface area (Å²) in [5, 5.41) is 8.89. The van der Waals surface area contributed by atoms with Crippen molar-refractivity contribution in [1.29, 1.82) is 5.26 Å². The average Bonchev–Trinajstić information content (AvgIpc) is 2.69. The predicted octanol–water partition coefficient (Wildman–Crippen LogP) is 1.10. The Labute approximate surface area is 125 Å². The molecule has 0 aromatic heterocycles. The second kappa shape index (κ2) is 6.02. The molecule has 0 radical (unpaired) electrons. The molecule has 2 heterocycles. The van der Waals surface area contributed by atoms with Crippen molar-refractivity contribution in [3.05, 3.63) is 29.8 Å². The van der Waals surface area contributed by atoms with Gasteiger partial charge in [-0.15, -0.1) is 0 Å². The van der Waals surface area contributed by atoms with Crippen LogP contribution in [0, 0.1) is 11.3 Å². The van der Waals surface area contributed by atoms with Crippen LogP contribution in [0.3, 0.4) is 0 Å². The Morgan fingerprint density at radius 2 is 1.95 bits per heavy atom. The van der Waals surface area contributed by atoms with Crippen LogP contribution in [0.4, 0.5) is 5.69 Å². The van der Waals surface area contributed by atoms with E-state index in [1.807, 2.05) is 24.3 Å². The largest absolute Gasteiger partial charge is 0.377 e. The third kappa shape index (κ3) is 3.18. The number of nitriles is 1. The zero-order valence-electron chi connectivity index (χ0n) is 12.4. The summed E-state index contributed by atoms with van der Waals surface area (Å²) in [5.74, 6) is 0. The zero-order valence-corrected chi connectivity index (χ0v) is 12.4. The Morgan fingerprint density at radius 3 is 2.71 bits per heavy atom. The summed E-state index contributed by atoms with van der Waals surface area (Å²) < 4.78 is 11.8. The lowest BCUT2D eigenvalue weighted by atomic mass is 10.0. The highest BCUT2D eigenvalue weighted by molar-refractivity contribution is 5.50. The van der Waals surface area contributed by atoms with Gasteiger partial charge in [0.05, 0.1) is 38.0 Å². The number of hydrogen-bond donors (Lipinski definition) is 0. The standard InChI is InChI=1S/C16H21N3O2/c1-18-6-8-20-13-16(11-18)12-19(7-9-21-16)15-4-2-14(10-17)3-5-15/h2-5H,6-9,11-13H2,1H3. The highest BCUT2D eigenvalue weighted by atomic mass is 16.5. The zero-order chi connectivity index (χ0) is 14.7. The van der Waals surface area contributed by atoms with Crippen molar-refractivity contribution in [2.75, 3.05) is 57.9 Å². The molecule has 1 aromatic carbocycles. The van der Waals surface area contributed by atoms with E-state index in [2.05, 4.69) is 22.9 Å². The predicted molar refractivity (Wildman–Crippen MR) is 80.4 cm³/mol. The van der Waals surface area contributed by atoms with Crippen LogP contribution >= 0.6 is 0 Å². The van der Waals surface area contributed by atoms with Crippen LogP contribution < -0.4 is 4.90 Å². The monoisotopic (exact) mass is 287 g/mol. The second-order valence-electron chi connectivity index (χ2n) is 5.90. The molecule has 2 aliphatic heterocycles. The number of likely N-dealkylation sites (N-methyl/N-ethyl adjacent to an activating group) is 1. The van der Waals surface area contributed by atoms with E-state index < -0.39 is 0 Å². The molecule has 1 aromatic rings. The second-order valence-corrected chi connectivity index (χ2v) is 5.90. The van der Waals surface area contributed by atoms with Gasteiger partial charge in [0.1, 0.15) is 5.60 Å². The number of nitrogens with zero attached hydrogens (tertiary/aromatic N) is 3. The van der Waals surface area contributed by atoms with Gasteiger partial charge in [-0.05, 0) is 31.3 Å². The molecule has 0 aliphatic carbocycles. The average molecular weight is 287 g/mol. The van der Waals surface area contributed by atoms with Gasteiger partial charge in [0.25, 0.3) is 0 Å². The third-order valence-electron chi connectivity index (χ3n) is 4.15. The maximum atomic E-state index is 8.89. The van der Waals surface area contributed by atoms with Gasteiger partial charge in [0, 0.05) is 25.3 Å². The van der Waals surface area contributed by atoms with Crippen LogP contribution in [0.15, 0.2) is 24.3 Å². The number of rotatable bonds is 1. The molecule has 2 aliphatic rings. The first kappa shape index (κ1) is 14.3. The van der Waals surface area contributed by atoms with Crippen molar-refractivity contribution < 1.29 is 9.47 Å². The lowest BCUT2D eigenvalue weighted by molar-refractivity contribution is -0.0981. The fourth-order valence-corrected chi connectivity index (χ4v) is 3.09. The van der Waals surface area contributed by atoms with Crippen molar-refractivity contribution in [3.8, 4) is 6.07 Å². The molecule has 2 saturated heterocycles. The molecule has 21 heavy (non-hydrogen) atoms. The molecule has 1 spiro atoms. The van der Waals surface area contributed by atoms with E-state index in [0.29, 0.717) is 18.8 Å². The maximum Gasteiger partial charge on any atom is 0.121 e. The fourth-order valence-electron chi connectivity index (χ4n) is 3.09. The summed E-state index contributed by atoms with van der Waals surface area (Å²) in [6, 6.07) is 9.92. The van der Waals surface area contributed by atoms with Gasteiger partial charge in [0.2, 0.25) is 0 Å². The molecule has 112 valence electrons. The Kier molecular flexibility index (Phi) is 4.11. The van der Waals surface area contributed by atoms with E-state index in [4.69, 9.17) is 14.7 Å². The van der Waals surface area contributed by atoms with Gasteiger partial charge in [-0.1, -0.05) is 0 Å². The first-order valence-electron chi connectivity index (χ1n) is 7.36. The SMILES string of the molecule is CN1CCOCC2(C1)CN(c1ccc(C#N)cc1)CCO2. The molecule has 0 saturated carbocycles. The number of morpholine rings is 1. The number of ether oxygens (including phenoxy) is 2. The fraction of sp³-hybridized carbons (Fsp3) is 0.562. The summed E-state index contributed by atoms with van der Waals surface area (Å²) in [5.41, 5.74) is 1.58. The number of anilines is 1. The summed E-state index contributed by atoms with van der Waals surface area (Å²) in [6.07, 6.45) is 0. The van der Waals surface area contributed by atoms with E-state index in [-0.39, 0.29) is 5.60 Å². The van der Waals surface area contributed by atoms with E-state index >= 15 is 0 Å². The Bertz CT molecular complexity index is 525. The Hall–Kier alpha value is -1.61. The molecular formula is C16H21N3O2. The highest BCUT2D eigenvalue weighted by Crippen LogP contribution is 2.26. The van der Waals surface area contributed by atoms with Crippen LogP contribution in [-0.2, 0) is 9.47 Å². The smallest absolute Gasteiger partial charge is 0.121 e. The van der Waals surface area contributed by atoms with Crippen molar-refractivity contribution in [2.45, 2.75) is 5.60 Å². The molecule has 5 heteroatoms. The van der Waals surface area contributed by atoms with Crippen molar-refractivity contribution in [3.63, 3.8) is 0 Å². The normalized spacial score (nSPS) is 27.3. The van der Waals surface area contributed by atoms with Crippen LogP contribution in [0.25, 0.3) is 0 Å². The molecule has 5 nitrogen and oxygen atoms in total. The topological polar surface area (TPSA) is 48.7 Å². The molecule has 2 fully saturated rings. The van der Waals surface area contributed by atoms with E-state index in [9.17, 15) is 0 Å². The lowest BCUT2D eigenvalue weighted by Crippen LogP contribution is -2.58. The number of benzene rings is 1. The Morgan fingerprint density at radius 1 is 1.14 bits per heavy atom. The third-order valence-corrected chi connectivity index (χ3v) is 4.15. The van der Waals surface area contributed by atoms with Crippen LogP contribution in [0.5, 0.6) is 0 Å². The summed E-state index contributed by atoms with van der Waals surface area (Å²) >= 11 is 0. The van der Waals surface area contributed by atoms with Crippen LogP contribution in [-0.4, -0.2) is 63.5 Å². The molecule has 0 bridgehead atoms. The summed E-state index contributed by atoms with van der Waals surface area (Å²) in [4.78, 5) is 4.60. The summed E-state index contributed by atoms with van der Waals surface area (Å²) in [6.45, 7) is 5.64. The molecule has 0 amide bonds. The first-order valence-corrected chi connectivity index (χ1v) is 7.36. The number of hydrogen-bond acceptors (Lipinski definition) is 5. The van der Waals surface area contributed by atoms with Crippen molar-refractivity contribution >= 4 is 5.69 Å². The quantitative estimate of drug-likeness (QED) is 0.774. The van der Waals surface area contributed by atoms with Crippen molar-refractivity contribution in [2.24, 2.45) is 0 Å². The minimum atomic E-state index is -0.253. The van der Waals surface area contributed by atoms with Crippen LogP contribution in [0.1, 0.15) is 5.56 Å². The van der Waals surface area contributed by atoms with Gasteiger partial charge >= 0.3 is 0 Å². The van der Waals surface area contributed by atoms with E-state index in [1.165, 1.54) is 0 Å². The van der Waals surface area contributed by atoms with Gasteiger partial charge < -0.3 is 19.3 Å². The van der Waals surface area contributed by atoms with Gasteiger partial charge in [-0.25, -0.2) is 0 Å². The van der Waals surface area contributed by atoms with Gasteiger partial charge in [-0.2, -0.15) is 5.26 Å². The van der Waals surface area contributed by atoms with E-state index in [1.54, 1.807) is 0 Å². The molecule has 0 N–H and O–H groups in total. The molecule has 1 unspecified atom stereocenters. The molecule has 1 atom stereocenters. The maximum absolute atomic E-state index is 8.89. The lowest BCUT2D eigenvalue weighted by Gasteiger charge is -2.43. The van der Waals surface area contributed by atoms with Gasteiger partial charge in [-0.3, -0.25) is 0 Å². The minimum absolute atomic E-state index is 0.253. The molecule has 3 rings (SSSR count). The Balaban J connectivity index is 1.76. The first-order chi connectivity index (χ1) is 10.2. The highest BCUT2D eigenvalue weighted by Gasteiger charge is 2.39.